The number of benzene rings is 2. The van der Waals surface area contributed by atoms with Crippen molar-refractivity contribution in [3.05, 3.63) is 71.0 Å². The van der Waals surface area contributed by atoms with Crippen molar-refractivity contribution in [2.45, 2.75) is 70.4 Å². The zero-order valence-corrected chi connectivity index (χ0v) is 33.6. The first-order valence-electron chi connectivity index (χ1n) is 20.5. The van der Waals surface area contributed by atoms with Crippen molar-refractivity contribution >= 4 is 46.8 Å². The van der Waals surface area contributed by atoms with Gasteiger partial charge in [0.05, 0.1) is 35.3 Å². The number of piperazine rings is 2. The van der Waals surface area contributed by atoms with Gasteiger partial charge in [0.15, 0.2) is 0 Å². The Morgan fingerprint density at radius 1 is 0.883 bits per heavy atom. The highest BCUT2D eigenvalue weighted by molar-refractivity contribution is 6.05. The third-order valence-electron chi connectivity index (χ3n) is 12.6. The fourth-order valence-electron chi connectivity index (χ4n) is 9.18. The van der Waals surface area contributed by atoms with Crippen LogP contribution >= 0.6 is 0 Å². The van der Waals surface area contributed by atoms with Gasteiger partial charge >= 0.3 is 12.2 Å². The van der Waals surface area contributed by atoms with Gasteiger partial charge in [0.1, 0.15) is 6.04 Å². The quantitative estimate of drug-likeness (QED) is 0.327. The van der Waals surface area contributed by atoms with Crippen LogP contribution in [-0.2, 0) is 22.3 Å². The molecule has 0 saturated carbocycles. The van der Waals surface area contributed by atoms with Gasteiger partial charge in [-0.05, 0) is 81.0 Å². The van der Waals surface area contributed by atoms with E-state index in [0.29, 0.717) is 48.3 Å². The van der Waals surface area contributed by atoms with E-state index in [2.05, 4.69) is 41.4 Å². The number of nitrogens with one attached hydrogen (secondary N) is 2. The molecular formula is C42H48F3N11O4. The predicted octanol–water partition coefficient (Wildman–Crippen LogP) is 4.30. The van der Waals surface area contributed by atoms with E-state index in [4.69, 9.17) is 0 Å². The van der Waals surface area contributed by atoms with E-state index in [1.54, 1.807) is 28.3 Å². The molecule has 316 valence electrons. The number of alkyl halides is 3. The molecule has 3 aromatic rings. The van der Waals surface area contributed by atoms with E-state index in [9.17, 15) is 37.6 Å². The third kappa shape index (κ3) is 8.40. The molecule has 0 bridgehead atoms. The summed E-state index contributed by atoms with van der Waals surface area (Å²) in [6, 6.07) is 9.70. The molecule has 60 heavy (non-hydrogen) atoms. The van der Waals surface area contributed by atoms with Crippen LogP contribution in [-0.4, -0.2) is 125 Å². The summed E-state index contributed by atoms with van der Waals surface area (Å²) in [6.45, 7) is 10.9. The lowest BCUT2D eigenvalue weighted by molar-refractivity contribution is -0.138. The van der Waals surface area contributed by atoms with E-state index in [1.807, 2.05) is 30.9 Å². The second-order valence-corrected chi connectivity index (χ2v) is 16.5. The molecular weight excluding hydrogens is 780 g/mol. The Balaban J connectivity index is 0.773. The van der Waals surface area contributed by atoms with Gasteiger partial charge in [0.25, 0.3) is 5.91 Å². The van der Waals surface area contributed by atoms with Crippen molar-refractivity contribution in [2.24, 2.45) is 5.92 Å². The monoisotopic (exact) mass is 827 g/mol. The van der Waals surface area contributed by atoms with Gasteiger partial charge in [-0.15, -0.1) is 0 Å². The van der Waals surface area contributed by atoms with E-state index in [1.165, 1.54) is 12.1 Å². The van der Waals surface area contributed by atoms with Crippen LogP contribution in [0.15, 0.2) is 48.8 Å². The summed E-state index contributed by atoms with van der Waals surface area (Å²) in [4.78, 5) is 71.7. The minimum absolute atomic E-state index is 0.163. The molecule has 0 aliphatic carbocycles. The van der Waals surface area contributed by atoms with Crippen LogP contribution in [0, 0.1) is 17.2 Å². The number of imide groups is 1. The second-order valence-electron chi connectivity index (χ2n) is 16.5. The van der Waals surface area contributed by atoms with Gasteiger partial charge < -0.3 is 29.8 Å². The van der Waals surface area contributed by atoms with E-state index in [0.717, 1.165) is 76.0 Å². The smallest absolute Gasteiger partial charge is 0.369 e. The van der Waals surface area contributed by atoms with Crippen LogP contribution in [0.2, 0.25) is 0 Å². The van der Waals surface area contributed by atoms with Crippen molar-refractivity contribution in [3.8, 4) is 6.07 Å². The molecule has 0 spiro atoms. The minimum atomic E-state index is -4.66. The number of carbonyl (C=O) groups is 4. The molecule has 3 atom stereocenters. The number of anilines is 4. The maximum Gasteiger partial charge on any atom is 0.417 e. The Morgan fingerprint density at radius 3 is 2.28 bits per heavy atom. The summed E-state index contributed by atoms with van der Waals surface area (Å²) < 4.78 is 40.9. The first-order valence-corrected chi connectivity index (χ1v) is 20.5. The molecule has 6 heterocycles. The number of halogens is 3. The van der Waals surface area contributed by atoms with Gasteiger partial charge in [-0.3, -0.25) is 24.6 Å². The highest BCUT2D eigenvalue weighted by Crippen LogP contribution is 2.36. The normalized spacial score (nSPS) is 23.1. The molecule has 1 aromatic heterocycles. The number of piperidine rings is 2. The van der Waals surface area contributed by atoms with Crippen LogP contribution in [0.4, 0.5) is 41.0 Å². The van der Waals surface area contributed by atoms with Crippen LogP contribution in [0.3, 0.4) is 0 Å². The summed E-state index contributed by atoms with van der Waals surface area (Å²) in [5.74, 6) is 0.285. The Bertz CT molecular complexity index is 2180. The number of rotatable bonds is 7. The maximum atomic E-state index is 13.6. The van der Waals surface area contributed by atoms with E-state index in [-0.39, 0.29) is 42.9 Å². The van der Waals surface area contributed by atoms with E-state index < -0.39 is 29.3 Å². The minimum Gasteiger partial charge on any atom is -0.369 e. The second kappa shape index (κ2) is 16.6. The van der Waals surface area contributed by atoms with Crippen LogP contribution in [0.25, 0.3) is 0 Å². The van der Waals surface area contributed by atoms with Crippen molar-refractivity contribution < 1.29 is 32.3 Å². The first kappa shape index (κ1) is 40.8. The van der Waals surface area contributed by atoms with Gasteiger partial charge in [-0.25, -0.2) is 14.8 Å². The summed E-state index contributed by atoms with van der Waals surface area (Å²) in [7, 11) is 0. The number of urea groups is 1. The van der Waals surface area contributed by atoms with Gasteiger partial charge in [-0.1, -0.05) is 0 Å². The van der Waals surface area contributed by atoms with Crippen LogP contribution < -0.4 is 25.3 Å². The average Bonchev–Trinajstić information content (AvgIpc) is 3.56. The van der Waals surface area contributed by atoms with Crippen LogP contribution in [0.1, 0.15) is 66.6 Å². The summed E-state index contributed by atoms with van der Waals surface area (Å²) in [5.41, 5.74) is 2.00. The highest BCUT2D eigenvalue weighted by atomic mass is 19.4. The molecule has 5 aliphatic heterocycles. The van der Waals surface area contributed by atoms with Gasteiger partial charge in [0, 0.05) is 101 Å². The Labute approximate surface area is 346 Å². The number of amides is 5. The van der Waals surface area contributed by atoms with Crippen molar-refractivity contribution in [3.63, 3.8) is 0 Å². The fourth-order valence-corrected chi connectivity index (χ4v) is 9.18. The number of carbonyl (C=O) groups excluding carboxylic acids is 4. The number of nitriles is 1. The molecule has 8 rings (SSSR count). The number of hydrogen-bond donors (Lipinski definition) is 2. The summed E-state index contributed by atoms with van der Waals surface area (Å²) in [5, 5.41) is 14.4. The number of hydrogen-bond acceptors (Lipinski definition) is 11. The predicted molar refractivity (Wildman–Crippen MR) is 216 cm³/mol. The lowest BCUT2D eigenvalue weighted by Crippen LogP contribution is -2.59. The summed E-state index contributed by atoms with van der Waals surface area (Å²) in [6.07, 6.45) is 1.12. The Morgan fingerprint density at radius 2 is 1.60 bits per heavy atom. The maximum absolute atomic E-state index is 13.6. The number of aromatic nitrogens is 2. The standard InChI is InChI=1S/C42H48F3N11O4/c1-26-23-55(27(2)22-54(26)33-4-3-29(19-46)35(18-33)42(43,44)45)41(60)49-31-20-47-40(48-21-31)53-11-9-28(10-12-53)24-51-13-15-52(16-14-51)32-5-6-34-30(17-32)25-56(39(34)59)36-7-8-37(57)50-38(36)58/h3-6,17-18,20-21,26-28,36H,7-16,22-25H2,1-2H3,(H,49,60)(H,50,57,58)/t26-,27+,36?/m0/s1. The average molecular weight is 828 g/mol. The van der Waals surface area contributed by atoms with Crippen molar-refractivity contribution in [1.29, 1.82) is 5.26 Å². The van der Waals surface area contributed by atoms with Crippen molar-refractivity contribution in [1.82, 2.24) is 30.0 Å². The molecule has 5 aliphatic rings. The molecule has 2 N–H and O–H groups in total. The third-order valence-corrected chi connectivity index (χ3v) is 12.6. The van der Waals surface area contributed by atoms with Crippen LogP contribution in [0.5, 0.6) is 0 Å². The zero-order chi connectivity index (χ0) is 42.3. The Hall–Kier alpha value is -5.96. The summed E-state index contributed by atoms with van der Waals surface area (Å²) >= 11 is 0. The SMILES string of the molecule is C[C@@H]1CN(c2ccc(C#N)c(C(F)(F)F)c2)[C@@H](C)CN1C(=O)Nc1cnc(N2CCC(CN3CCN(c4ccc5c(c4)CN(C4CCC(=O)NC4=O)C5=O)CC3)CC2)nc1. The molecule has 1 unspecified atom stereocenters. The molecule has 0 radical (unpaired) electrons. The molecule has 5 amide bonds. The largest absolute Gasteiger partial charge is 0.417 e. The highest BCUT2D eigenvalue weighted by Gasteiger charge is 2.40. The fraction of sp³-hybridized carbons (Fsp3) is 0.500. The first-order chi connectivity index (χ1) is 28.7. The lowest BCUT2D eigenvalue weighted by atomic mass is 9.96. The molecule has 4 saturated heterocycles. The number of nitrogens with zero attached hydrogens (tertiary/aromatic N) is 9. The van der Waals surface area contributed by atoms with E-state index >= 15 is 0 Å². The molecule has 2 aromatic carbocycles. The molecule has 4 fully saturated rings. The molecule has 15 nitrogen and oxygen atoms in total. The zero-order valence-electron chi connectivity index (χ0n) is 33.6. The van der Waals surface area contributed by atoms with Gasteiger partial charge in [-0.2, -0.15) is 18.4 Å². The molecule has 18 heteroatoms. The number of fused-ring (bicyclic) bond motifs is 1. The lowest BCUT2D eigenvalue weighted by Gasteiger charge is -2.45. The van der Waals surface area contributed by atoms with Crippen molar-refractivity contribution in [2.75, 3.05) is 78.9 Å². The Kier molecular flexibility index (Phi) is 11.3. The van der Waals surface area contributed by atoms with Gasteiger partial charge in [0.2, 0.25) is 17.8 Å². The topological polar surface area (TPSA) is 161 Å².